The van der Waals surface area contributed by atoms with Crippen molar-refractivity contribution in [1.29, 1.82) is 0 Å². The van der Waals surface area contributed by atoms with Crippen LogP contribution in [-0.2, 0) is 6.42 Å². The van der Waals surface area contributed by atoms with Crippen molar-refractivity contribution in [3.63, 3.8) is 0 Å². The minimum Gasteiger partial charge on any atom is -0.289 e. The highest BCUT2D eigenvalue weighted by atomic mass is 32.2. The molecule has 0 unspecified atom stereocenters. The van der Waals surface area contributed by atoms with Crippen LogP contribution in [0, 0.1) is 0 Å². The van der Waals surface area contributed by atoms with Gasteiger partial charge in [-0.05, 0) is 54.5 Å². The van der Waals surface area contributed by atoms with Crippen LogP contribution in [0.2, 0.25) is 0 Å². The summed E-state index contributed by atoms with van der Waals surface area (Å²) in [6.07, 6.45) is 29.1. The summed E-state index contributed by atoms with van der Waals surface area (Å²) in [6, 6.07) is 16.5. The standard InChI is InChI=1S/C34H50OS/c1-3-4-5-6-7-8-9-10-11-12-13-14-15-16-17-18-20-31-21-19-22-32(29-31)34(35)28-25-30-23-26-33(36-2)27-24-30/h19,21-29H,3-18,20H2,1-2H3/b28-25+. The van der Waals surface area contributed by atoms with E-state index >= 15 is 0 Å². The van der Waals surface area contributed by atoms with Crippen LogP contribution in [0.4, 0.5) is 0 Å². The molecule has 198 valence electrons. The second kappa shape index (κ2) is 20.3. The topological polar surface area (TPSA) is 17.1 Å². The molecule has 36 heavy (non-hydrogen) atoms. The molecular formula is C34H50OS. The smallest absolute Gasteiger partial charge is 0.185 e. The van der Waals surface area contributed by atoms with Crippen molar-refractivity contribution < 1.29 is 4.79 Å². The summed E-state index contributed by atoms with van der Waals surface area (Å²) in [4.78, 5) is 13.9. The van der Waals surface area contributed by atoms with Crippen molar-refractivity contribution >= 4 is 23.6 Å². The third-order valence-electron chi connectivity index (χ3n) is 7.07. The quantitative estimate of drug-likeness (QED) is 0.0724. The number of rotatable bonds is 21. The molecule has 1 nitrogen and oxygen atoms in total. The molecule has 0 spiro atoms. The Kier molecular flexibility index (Phi) is 17.1. The average Bonchev–Trinajstić information content (AvgIpc) is 2.92. The van der Waals surface area contributed by atoms with Crippen molar-refractivity contribution in [2.45, 2.75) is 121 Å². The van der Waals surface area contributed by atoms with Crippen LogP contribution in [0.5, 0.6) is 0 Å². The summed E-state index contributed by atoms with van der Waals surface area (Å²) in [5.41, 5.74) is 3.13. The van der Waals surface area contributed by atoms with Gasteiger partial charge in [0.05, 0.1) is 0 Å². The van der Waals surface area contributed by atoms with Crippen LogP contribution in [0.3, 0.4) is 0 Å². The third kappa shape index (κ3) is 14.1. The van der Waals surface area contributed by atoms with Crippen molar-refractivity contribution in [1.82, 2.24) is 0 Å². The van der Waals surface area contributed by atoms with Crippen LogP contribution in [-0.4, -0.2) is 12.0 Å². The van der Waals surface area contributed by atoms with Gasteiger partial charge in [0.15, 0.2) is 5.78 Å². The highest BCUT2D eigenvalue weighted by Crippen LogP contribution is 2.17. The maximum absolute atomic E-state index is 12.6. The number of benzene rings is 2. The second-order valence-electron chi connectivity index (χ2n) is 10.2. The number of hydrogen-bond acceptors (Lipinski definition) is 2. The fraction of sp³-hybridized carbons (Fsp3) is 0.559. The molecule has 2 heteroatoms. The third-order valence-corrected chi connectivity index (χ3v) is 7.82. The number of thioether (sulfide) groups is 1. The van der Waals surface area contributed by atoms with Crippen molar-refractivity contribution in [3.05, 3.63) is 71.3 Å². The number of aryl methyl sites for hydroxylation is 1. The lowest BCUT2D eigenvalue weighted by atomic mass is 10.0. The monoisotopic (exact) mass is 506 g/mol. The SMILES string of the molecule is CCCCCCCCCCCCCCCCCCc1cccc(C(=O)/C=C/c2ccc(SC)cc2)c1. The number of hydrogen-bond donors (Lipinski definition) is 0. The fourth-order valence-electron chi connectivity index (χ4n) is 4.74. The second-order valence-corrected chi connectivity index (χ2v) is 11.1. The summed E-state index contributed by atoms with van der Waals surface area (Å²) in [6.45, 7) is 2.29. The van der Waals surface area contributed by atoms with Gasteiger partial charge in [-0.2, -0.15) is 0 Å². The van der Waals surface area contributed by atoms with Gasteiger partial charge in [0.2, 0.25) is 0 Å². The van der Waals surface area contributed by atoms with Gasteiger partial charge in [-0.25, -0.2) is 0 Å². The molecule has 2 rings (SSSR count). The first-order chi connectivity index (χ1) is 17.7. The molecule has 0 saturated carbocycles. The molecule has 0 bridgehead atoms. The zero-order valence-corrected chi connectivity index (χ0v) is 23.9. The minimum absolute atomic E-state index is 0.0813. The maximum Gasteiger partial charge on any atom is 0.185 e. The average molecular weight is 507 g/mol. The van der Waals surface area contributed by atoms with Gasteiger partial charge in [0.1, 0.15) is 0 Å². The van der Waals surface area contributed by atoms with E-state index in [0.717, 1.165) is 17.5 Å². The van der Waals surface area contributed by atoms with Gasteiger partial charge < -0.3 is 0 Å². The lowest BCUT2D eigenvalue weighted by molar-refractivity contribution is 0.104. The van der Waals surface area contributed by atoms with Crippen LogP contribution < -0.4 is 0 Å². The Morgan fingerprint density at radius 1 is 0.694 bits per heavy atom. The van der Waals surface area contributed by atoms with Crippen molar-refractivity contribution in [3.8, 4) is 0 Å². The number of carbonyl (C=O) groups excluding carboxylic acids is 1. The molecule has 0 atom stereocenters. The van der Waals surface area contributed by atoms with Gasteiger partial charge >= 0.3 is 0 Å². The lowest BCUT2D eigenvalue weighted by Crippen LogP contribution is -1.96. The first-order valence-electron chi connectivity index (χ1n) is 14.7. The van der Waals surface area contributed by atoms with E-state index in [4.69, 9.17) is 0 Å². The van der Waals surface area contributed by atoms with E-state index in [9.17, 15) is 4.79 Å². The normalized spacial score (nSPS) is 11.4. The number of ketones is 1. The summed E-state index contributed by atoms with van der Waals surface area (Å²) in [5.74, 6) is 0.0813. The van der Waals surface area contributed by atoms with Gasteiger partial charge in [-0.15, -0.1) is 11.8 Å². The molecule has 0 aliphatic heterocycles. The van der Waals surface area contributed by atoms with Gasteiger partial charge in [0, 0.05) is 10.5 Å². The molecule has 0 radical (unpaired) electrons. The molecular weight excluding hydrogens is 456 g/mol. The van der Waals surface area contributed by atoms with Crippen LogP contribution >= 0.6 is 11.8 Å². The van der Waals surface area contributed by atoms with Crippen LogP contribution in [0.25, 0.3) is 6.08 Å². The molecule has 0 N–H and O–H groups in total. The number of unbranched alkanes of at least 4 members (excludes halogenated alkanes) is 15. The largest absolute Gasteiger partial charge is 0.289 e. The summed E-state index contributed by atoms with van der Waals surface area (Å²) in [7, 11) is 0. The molecule has 0 aromatic heterocycles. The molecule has 0 heterocycles. The Morgan fingerprint density at radius 2 is 1.22 bits per heavy atom. The highest BCUT2D eigenvalue weighted by molar-refractivity contribution is 7.98. The zero-order chi connectivity index (χ0) is 25.7. The Bertz CT molecular complexity index is 852. The van der Waals surface area contributed by atoms with Crippen molar-refractivity contribution in [2.75, 3.05) is 6.26 Å². The first-order valence-corrected chi connectivity index (χ1v) is 15.9. The number of allylic oxidation sites excluding steroid dienone is 1. The van der Waals surface area contributed by atoms with E-state index in [0.29, 0.717) is 0 Å². The minimum atomic E-state index is 0.0813. The van der Waals surface area contributed by atoms with Crippen molar-refractivity contribution in [2.24, 2.45) is 0 Å². The lowest BCUT2D eigenvalue weighted by Gasteiger charge is -2.05. The Hall–Kier alpha value is -1.80. The molecule has 0 fully saturated rings. The molecule has 2 aromatic rings. The van der Waals surface area contributed by atoms with E-state index in [-0.39, 0.29) is 5.78 Å². The van der Waals surface area contributed by atoms with Crippen LogP contribution in [0.15, 0.2) is 59.5 Å². The predicted molar refractivity (Wildman–Crippen MR) is 161 cm³/mol. The summed E-state index contributed by atoms with van der Waals surface area (Å²) < 4.78 is 0. The van der Waals surface area contributed by atoms with Gasteiger partial charge in [-0.3, -0.25) is 4.79 Å². The Balaban J connectivity index is 1.50. The maximum atomic E-state index is 12.6. The molecule has 0 saturated heterocycles. The van der Waals surface area contributed by atoms with Crippen LogP contribution in [0.1, 0.15) is 131 Å². The van der Waals surface area contributed by atoms with E-state index < -0.39 is 0 Å². The van der Waals surface area contributed by atoms with E-state index in [1.165, 1.54) is 113 Å². The zero-order valence-electron chi connectivity index (χ0n) is 23.1. The highest BCUT2D eigenvalue weighted by Gasteiger charge is 2.03. The van der Waals surface area contributed by atoms with E-state index in [1.807, 2.05) is 18.2 Å². The summed E-state index contributed by atoms with van der Waals surface area (Å²) >= 11 is 1.73. The Labute approximate surface area is 226 Å². The predicted octanol–water partition coefficient (Wildman–Crippen LogP) is 11.1. The Morgan fingerprint density at radius 3 is 1.75 bits per heavy atom. The molecule has 0 aliphatic rings. The van der Waals surface area contributed by atoms with E-state index in [1.54, 1.807) is 17.8 Å². The number of carbonyl (C=O) groups is 1. The van der Waals surface area contributed by atoms with E-state index in [2.05, 4.69) is 49.6 Å². The summed E-state index contributed by atoms with van der Waals surface area (Å²) in [5, 5.41) is 0. The fourth-order valence-corrected chi connectivity index (χ4v) is 5.15. The van der Waals surface area contributed by atoms with Gasteiger partial charge in [0.25, 0.3) is 0 Å². The van der Waals surface area contributed by atoms with Gasteiger partial charge in [-0.1, -0.05) is 140 Å². The molecule has 0 amide bonds. The first kappa shape index (κ1) is 30.4. The molecule has 0 aliphatic carbocycles. The molecule has 2 aromatic carbocycles.